The molecule has 0 saturated carbocycles. The van der Waals surface area contributed by atoms with E-state index in [4.69, 9.17) is 5.73 Å². The fourth-order valence-electron chi connectivity index (χ4n) is 1.60. The molecule has 2 rings (SSSR count). The number of amides is 1. The van der Waals surface area contributed by atoms with Gasteiger partial charge in [-0.2, -0.15) is 5.10 Å². The Labute approximate surface area is 87.5 Å². The summed E-state index contributed by atoms with van der Waals surface area (Å²) >= 11 is 0. The Morgan fingerprint density at radius 1 is 1.60 bits per heavy atom. The lowest BCUT2D eigenvalue weighted by Gasteiger charge is -2.28. The van der Waals surface area contributed by atoms with Crippen molar-refractivity contribution in [3.05, 3.63) is 17.8 Å². The first kappa shape index (κ1) is 9.85. The highest BCUT2D eigenvalue weighted by atomic mass is 16.2. The third-order valence-electron chi connectivity index (χ3n) is 2.34. The quantitative estimate of drug-likeness (QED) is 0.641. The van der Waals surface area contributed by atoms with Gasteiger partial charge in [0.2, 0.25) is 5.91 Å². The molecule has 2 heterocycles. The Hall–Kier alpha value is -1.69. The third kappa shape index (κ3) is 2.04. The Morgan fingerprint density at radius 3 is 3.20 bits per heavy atom. The van der Waals surface area contributed by atoms with Gasteiger partial charge in [0, 0.05) is 25.2 Å². The van der Waals surface area contributed by atoms with E-state index in [0.29, 0.717) is 19.6 Å². The van der Waals surface area contributed by atoms with Crippen molar-refractivity contribution in [2.45, 2.75) is 6.54 Å². The van der Waals surface area contributed by atoms with E-state index >= 15 is 0 Å². The summed E-state index contributed by atoms with van der Waals surface area (Å²) < 4.78 is 0. The number of piperazine rings is 1. The second-order valence-electron chi connectivity index (χ2n) is 3.36. The highest BCUT2D eigenvalue weighted by Crippen LogP contribution is 2.15. The van der Waals surface area contributed by atoms with Gasteiger partial charge in [0.15, 0.2) is 5.82 Å². The van der Waals surface area contributed by atoms with E-state index in [1.54, 1.807) is 6.20 Å². The van der Waals surface area contributed by atoms with Gasteiger partial charge in [-0.15, -0.1) is 5.10 Å². The molecule has 0 unspecified atom stereocenters. The van der Waals surface area contributed by atoms with Crippen molar-refractivity contribution in [2.24, 2.45) is 5.73 Å². The number of nitrogens with one attached hydrogen (secondary N) is 1. The molecule has 0 radical (unpaired) electrons. The smallest absolute Gasteiger partial charge is 0.239 e. The standard InChI is InChI=1S/C9H13N5O/c10-5-7-1-2-12-13-9(7)14-4-3-11-8(15)6-14/h1-2H,3-6,10H2,(H,11,15). The predicted octanol–water partition coefficient (Wildman–Crippen LogP) is -1.13. The van der Waals surface area contributed by atoms with Crippen molar-refractivity contribution in [3.8, 4) is 0 Å². The molecule has 6 nitrogen and oxygen atoms in total. The van der Waals surface area contributed by atoms with Crippen LogP contribution in [0.2, 0.25) is 0 Å². The van der Waals surface area contributed by atoms with E-state index in [9.17, 15) is 4.79 Å². The fourth-order valence-corrected chi connectivity index (χ4v) is 1.60. The number of carbonyl (C=O) groups is 1. The van der Waals surface area contributed by atoms with Crippen LogP contribution in [-0.4, -0.2) is 35.7 Å². The summed E-state index contributed by atoms with van der Waals surface area (Å²) in [6, 6.07) is 1.83. The van der Waals surface area contributed by atoms with Gasteiger partial charge in [-0.3, -0.25) is 4.79 Å². The topological polar surface area (TPSA) is 84.1 Å². The van der Waals surface area contributed by atoms with Crippen molar-refractivity contribution in [1.29, 1.82) is 0 Å². The second-order valence-corrected chi connectivity index (χ2v) is 3.36. The molecule has 0 aromatic carbocycles. The van der Waals surface area contributed by atoms with Gasteiger partial charge >= 0.3 is 0 Å². The summed E-state index contributed by atoms with van der Waals surface area (Å²) in [5.74, 6) is 0.727. The van der Waals surface area contributed by atoms with Crippen LogP contribution >= 0.6 is 0 Å². The first-order chi connectivity index (χ1) is 7.31. The number of anilines is 1. The molecule has 15 heavy (non-hydrogen) atoms. The largest absolute Gasteiger partial charge is 0.353 e. The Balaban J connectivity index is 2.24. The van der Waals surface area contributed by atoms with Gasteiger partial charge in [-0.1, -0.05) is 0 Å². The number of carbonyl (C=O) groups excluding carboxylic acids is 1. The lowest BCUT2D eigenvalue weighted by molar-refractivity contribution is -0.120. The van der Waals surface area contributed by atoms with Crippen molar-refractivity contribution in [1.82, 2.24) is 15.5 Å². The minimum absolute atomic E-state index is 0.00914. The van der Waals surface area contributed by atoms with Crippen LogP contribution in [0.25, 0.3) is 0 Å². The summed E-state index contributed by atoms with van der Waals surface area (Å²) in [6.45, 7) is 2.12. The van der Waals surface area contributed by atoms with E-state index in [2.05, 4.69) is 15.5 Å². The highest BCUT2D eigenvalue weighted by molar-refractivity contribution is 5.82. The van der Waals surface area contributed by atoms with Crippen LogP contribution in [0.3, 0.4) is 0 Å². The molecule has 1 aromatic heterocycles. The van der Waals surface area contributed by atoms with Crippen LogP contribution in [0.5, 0.6) is 0 Å². The van der Waals surface area contributed by atoms with Crippen LogP contribution in [0.1, 0.15) is 5.56 Å². The zero-order chi connectivity index (χ0) is 10.7. The average Bonchev–Trinajstić information content (AvgIpc) is 2.29. The molecule has 1 amide bonds. The summed E-state index contributed by atoms with van der Waals surface area (Å²) in [6.07, 6.45) is 1.61. The highest BCUT2D eigenvalue weighted by Gasteiger charge is 2.19. The zero-order valence-electron chi connectivity index (χ0n) is 8.31. The number of hydrogen-bond donors (Lipinski definition) is 2. The first-order valence-corrected chi connectivity index (χ1v) is 4.83. The van der Waals surface area contributed by atoms with E-state index in [-0.39, 0.29) is 5.91 Å². The lowest BCUT2D eigenvalue weighted by atomic mass is 10.2. The maximum absolute atomic E-state index is 11.2. The lowest BCUT2D eigenvalue weighted by Crippen LogP contribution is -2.48. The molecule has 1 aliphatic heterocycles. The van der Waals surface area contributed by atoms with Gasteiger partial charge in [-0.05, 0) is 6.07 Å². The van der Waals surface area contributed by atoms with Gasteiger partial charge in [0.1, 0.15) is 0 Å². The van der Waals surface area contributed by atoms with E-state index in [1.807, 2.05) is 11.0 Å². The number of rotatable bonds is 2. The monoisotopic (exact) mass is 207 g/mol. The fraction of sp³-hybridized carbons (Fsp3) is 0.444. The van der Waals surface area contributed by atoms with Crippen molar-refractivity contribution in [2.75, 3.05) is 24.5 Å². The molecule has 1 aliphatic rings. The Bertz CT molecular complexity index is 367. The van der Waals surface area contributed by atoms with Crippen molar-refractivity contribution in [3.63, 3.8) is 0 Å². The molecule has 1 fully saturated rings. The predicted molar refractivity (Wildman–Crippen MR) is 55.1 cm³/mol. The molecule has 0 aliphatic carbocycles. The van der Waals surface area contributed by atoms with Crippen LogP contribution in [-0.2, 0) is 11.3 Å². The van der Waals surface area contributed by atoms with Gasteiger partial charge < -0.3 is 16.0 Å². The SMILES string of the molecule is NCc1ccnnc1N1CCNC(=O)C1. The van der Waals surface area contributed by atoms with Gasteiger partial charge in [0.05, 0.1) is 12.7 Å². The number of nitrogens with two attached hydrogens (primary N) is 1. The van der Waals surface area contributed by atoms with Crippen LogP contribution in [0.15, 0.2) is 12.3 Å². The van der Waals surface area contributed by atoms with Crippen LogP contribution < -0.4 is 16.0 Å². The van der Waals surface area contributed by atoms with Crippen molar-refractivity contribution < 1.29 is 4.79 Å². The molecule has 6 heteroatoms. The minimum Gasteiger partial charge on any atom is -0.353 e. The van der Waals surface area contributed by atoms with Crippen LogP contribution in [0, 0.1) is 0 Å². The Kier molecular flexibility index (Phi) is 2.77. The molecular formula is C9H13N5O. The molecule has 1 saturated heterocycles. The maximum atomic E-state index is 11.2. The third-order valence-corrected chi connectivity index (χ3v) is 2.34. The molecule has 80 valence electrons. The number of nitrogens with zero attached hydrogens (tertiary/aromatic N) is 3. The van der Waals surface area contributed by atoms with Crippen LogP contribution in [0.4, 0.5) is 5.82 Å². The summed E-state index contributed by atoms with van der Waals surface area (Å²) in [7, 11) is 0. The Morgan fingerprint density at radius 2 is 2.47 bits per heavy atom. The molecule has 1 aromatic rings. The molecule has 0 atom stereocenters. The van der Waals surface area contributed by atoms with E-state index in [1.165, 1.54) is 0 Å². The summed E-state index contributed by atoms with van der Waals surface area (Å²) in [5.41, 5.74) is 6.51. The van der Waals surface area contributed by atoms with Gasteiger partial charge in [0.25, 0.3) is 0 Å². The average molecular weight is 207 g/mol. The minimum atomic E-state index is 0.00914. The summed E-state index contributed by atoms with van der Waals surface area (Å²) in [4.78, 5) is 13.1. The van der Waals surface area contributed by atoms with Crippen molar-refractivity contribution >= 4 is 11.7 Å². The van der Waals surface area contributed by atoms with E-state index < -0.39 is 0 Å². The molecule has 0 spiro atoms. The zero-order valence-corrected chi connectivity index (χ0v) is 8.31. The normalized spacial score (nSPS) is 16.3. The molecular weight excluding hydrogens is 194 g/mol. The first-order valence-electron chi connectivity index (χ1n) is 4.83. The van der Waals surface area contributed by atoms with E-state index in [0.717, 1.165) is 17.9 Å². The van der Waals surface area contributed by atoms with Gasteiger partial charge in [-0.25, -0.2) is 0 Å². The molecule has 0 bridgehead atoms. The number of hydrogen-bond acceptors (Lipinski definition) is 5. The maximum Gasteiger partial charge on any atom is 0.239 e. The second kappa shape index (κ2) is 4.22. The number of aromatic nitrogens is 2. The summed E-state index contributed by atoms with van der Waals surface area (Å²) in [5, 5.41) is 10.6. The molecule has 3 N–H and O–H groups in total.